The van der Waals surface area contributed by atoms with E-state index in [1.165, 1.54) is 0 Å². The molecule has 2 N–H and O–H groups in total. The first-order chi connectivity index (χ1) is 4.36. The van der Waals surface area contributed by atoms with Crippen LogP contribution in [-0.4, -0.2) is 31.0 Å². The third-order valence-corrected chi connectivity index (χ3v) is 1.75. The minimum atomic E-state index is -0.260. The molecule has 1 aliphatic rings. The van der Waals surface area contributed by atoms with Gasteiger partial charge in [-0.25, -0.2) is 0 Å². The van der Waals surface area contributed by atoms with Crippen molar-refractivity contribution in [3.05, 3.63) is 0 Å². The summed E-state index contributed by atoms with van der Waals surface area (Å²) >= 11 is 0. The van der Waals surface area contributed by atoms with Crippen molar-refractivity contribution in [1.29, 1.82) is 0 Å². The van der Waals surface area contributed by atoms with Crippen LogP contribution >= 0.6 is 0 Å². The minimum Gasteiger partial charge on any atom is -0.395 e. The number of nitrogens with one attached hydrogen (secondary N) is 1. The molecule has 0 amide bonds. The Labute approximate surface area is 54.1 Å². The van der Waals surface area contributed by atoms with Gasteiger partial charge in [-0.3, -0.25) is 4.39 Å². The Morgan fingerprint density at radius 1 is 1.67 bits per heavy atom. The molecule has 0 aromatic heterocycles. The molecule has 0 saturated carbocycles. The number of rotatable bonds is 2. The SMILES string of the molecule is OC[C@@H]1C[C@@H](CF)CN1. The van der Waals surface area contributed by atoms with Crippen molar-refractivity contribution in [2.45, 2.75) is 12.5 Å². The Balaban J connectivity index is 2.20. The highest BCUT2D eigenvalue weighted by Gasteiger charge is 2.22. The molecule has 54 valence electrons. The Morgan fingerprint density at radius 2 is 2.44 bits per heavy atom. The first-order valence-electron chi connectivity index (χ1n) is 3.27. The molecule has 0 unspecified atom stereocenters. The summed E-state index contributed by atoms with van der Waals surface area (Å²) in [6.07, 6.45) is 0.785. The fourth-order valence-electron chi connectivity index (χ4n) is 1.16. The van der Waals surface area contributed by atoms with Gasteiger partial charge in [0.1, 0.15) is 0 Å². The lowest BCUT2D eigenvalue weighted by Gasteiger charge is -2.02. The minimum absolute atomic E-state index is 0.135. The van der Waals surface area contributed by atoms with Crippen molar-refractivity contribution >= 4 is 0 Å². The molecule has 2 nitrogen and oxygen atoms in total. The maximum Gasteiger partial charge on any atom is 0.0935 e. The van der Waals surface area contributed by atoms with Gasteiger partial charge in [-0.1, -0.05) is 0 Å². The molecule has 0 aromatic carbocycles. The van der Waals surface area contributed by atoms with E-state index in [0.717, 1.165) is 13.0 Å². The zero-order valence-electron chi connectivity index (χ0n) is 5.31. The molecule has 2 atom stereocenters. The summed E-state index contributed by atoms with van der Waals surface area (Å²) in [5, 5.41) is 11.6. The maximum absolute atomic E-state index is 11.9. The van der Waals surface area contributed by atoms with Crippen molar-refractivity contribution in [2.24, 2.45) is 5.92 Å². The number of aliphatic hydroxyl groups is 1. The summed E-state index contributed by atoms with van der Waals surface area (Å²) in [5.74, 6) is 0.141. The summed E-state index contributed by atoms with van der Waals surface area (Å²) in [4.78, 5) is 0. The molecule has 0 aromatic rings. The van der Waals surface area contributed by atoms with Crippen LogP contribution < -0.4 is 5.32 Å². The van der Waals surface area contributed by atoms with Crippen LogP contribution in [-0.2, 0) is 0 Å². The Hall–Kier alpha value is -0.150. The predicted molar refractivity (Wildman–Crippen MR) is 33.0 cm³/mol. The second-order valence-corrected chi connectivity index (χ2v) is 2.54. The molecule has 0 radical (unpaired) electrons. The van der Waals surface area contributed by atoms with Crippen LogP contribution in [0.5, 0.6) is 0 Å². The monoisotopic (exact) mass is 133 g/mol. The lowest BCUT2D eigenvalue weighted by Crippen LogP contribution is -2.24. The molecule has 1 fully saturated rings. The highest BCUT2D eigenvalue weighted by molar-refractivity contribution is 4.80. The Bertz CT molecular complexity index is 79.1. The molecular formula is C6H12FNO. The van der Waals surface area contributed by atoms with Gasteiger partial charge in [-0.15, -0.1) is 0 Å². The Morgan fingerprint density at radius 3 is 2.78 bits per heavy atom. The fourth-order valence-corrected chi connectivity index (χ4v) is 1.16. The van der Waals surface area contributed by atoms with Crippen LogP contribution in [0.4, 0.5) is 4.39 Å². The van der Waals surface area contributed by atoms with Crippen LogP contribution in [0.1, 0.15) is 6.42 Å². The van der Waals surface area contributed by atoms with E-state index in [-0.39, 0.29) is 25.2 Å². The van der Waals surface area contributed by atoms with E-state index < -0.39 is 0 Å². The quantitative estimate of drug-likeness (QED) is 0.552. The summed E-state index contributed by atoms with van der Waals surface area (Å²) in [6, 6.07) is 0.144. The van der Waals surface area contributed by atoms with E-state index in [1.807, 2.05) is 0 Å². The first kappa shape index (κ1) is 6.96. The second-order valence-electron chi connectivity index (χ2n) is 2.54. The maximum atomic E-state index is 11.9. The molecule has 1 aliphatic heterocycles. The second kappa shape index (κ2) is 3.13. The van der Waals surface area contributed by atoms with Gasteiger partial charge >= 0.3 is 0 Å². The lowest BCUT2D eigenvalue weighted by atomic mass is 10.1. The van der Waals surface area contributed by atoms with E-state index in [0.29, 0.717) is 0 Å². The lowest BCUT2D eigenvalue weighted by molar-refractivity contribution is 0.250. The van der Waals surface area contributed by atoms with Crippen molar-refractivity contribution < 1.29 is 9.50 Å². The van der Waals surface area contributed by atoms with Crippen molar-refractivity contribution in [3.63, 3.8) is 0 Å². The van der Waals surface area contributed by atoms with Crippen LogP contribution in [0.2, 0.25) is 0 Å². The summed E-state index contributed by atoms with van der Waals surface area (Å²) in [7, 11) is 0. The van der Waals surface area contributed by atoms with Gasteiger partial charge in [0, 0.05) is 18.5 Å². The van der Waals surface area contributed by atoms with Gasteiger partial charge in [-0.2, -0.15) is 0 Å². The number of alkyl halides is 1. The van der Waals surface area contributed by atoms with E-state index in [4.69, 9.17) is 5.11 Å². The van der Waals surface area contributed by atoms with Gasteiger partial charge in [0.15, 0.2) is 0 Å². The summed E-state index contributed by atoms with van der Waals surface area (Å²) < 4.78 is 11.9. The highest BCUT2D eigenvalue weighted by atomic mass is 19.1. The molecule has 3 heteroatoms. The standard InChI is InChI=1S/C6H12FNO/c7-2-5-1-6(4-9)8-3-5/h5-6,8-9H,1-4H2/t5-,6-/m0/s1. The van der Waals surface area contributed by atoms with E-state index in [2.05, 4.69) is 5.32 Å². The zero-order valence-corrected chi connectivity index (χ0v) is 5.31. The average molecular weight is 133 g/mol. The smallest absolute Gasteiger partial charge is 0.0935 e. The van der Waals surface area contributed by atoms with E-state index >= 15 is 0 Å². The van der Waals surface area contributed by atoms with E-state index in [1.54, 1.807) is 0 Å². The van der Waals surface area contributed by atoms with Gasteiger partial charge in [0.25, 0.3) is 0 Å². The summed E-state index contributed by atoms with van der Waals surface area (Å²) in [5.41, 5.74) is 0. The molecule has 1 saturated heterocycles. The molecule has 9 heavy (non-hydrogen) atoms. The molecule has 0 spiro atoms. The third kappa shape index (κ3) is 1.63. The zero-order chi connectivity index (χ0) is 6.69. The van der Waals surface area contributed by atoms with Gasteiger partial charge in [0.2, 0.25) is 0 Å². The normalized spacial score (nSPS) is 35.3. The number of halogens is 1. The number of hydrogen-bond acceptors (Lipinski definition) is 2. The average Bonchev–Trinajstić information content (AvgIpc) is 2.34. The molecule has 1 heterocycles. The van der Waals surface area contributed by atoms with Crippen molar-refractivity contribution in [1.82, 2.24) is 5.32 Å². The topological polar surface area (TPSA) is 32.3 Å². The van der Waals surface area contributed by atoms with Gasteiger partial charge < -0.3 is 10.4 Å². The van der Waals surface area contributed by atoms with Crippen molar-refractivity contribution in [2.75, 3.05) is 19.8 Å². The predicted octanol–water partition coefficient (Wildman–Crippen LogP) is -0.0737. The third-order valence-electron chi connectivity index (χ3n) is 1.75. The first-order valence-corrected chi connectivity index (χ1v) is 3.27. The molecule has 0 bridgehead atoms. The fraction of sp³-hybridized carbons (Fsp3) is 1.00. The summed E-state index contributed by atoms with van der Waals surface area (Å²) in [6.45, 7) is 0.599. The van der Waals surface area contributed by atoms with Gasteiger partial charge in [-0.05, 0) is 6.42 Å². The number of hydrogen-bond donors (Lipinski definition) is 2. The number of aliphatic hydroxyl groups excluding tert-OH is 1. The Kier molecular flexibility index (Phi) is 2.42. The van der Waals surface area contributed by atoms with E-state index in [9.17, 15) is 4.39 Å². The largest absolute Gasteiger partial charge is 0.395 e. The van der Waals surface area contributed by atoms with Crippen LogP contribution in [0.25, 0.3) is 0 Å². The molecule has 0 aliphatic carbocycles. The van der Waals surface area contributed by atoms with Crippen LogP contribution in [0.15, 0.2) is 0 Å². The molecule has 1 rings (SSSR count). The molecular weight excluding hydrogens is 121 g/mol. The van der Waals surface area contributed by atoms with Gasteiger partial charge in [0.05, 0.1) is 13.3 Å². The van der Waals surface area contributed by atoms with Crippen LogP contribution in [0.3, 0.4) is 0 Å². The highest BCUT2D eigenvalue weighted by Crippen LogP contribution is 2.13. The van der Waals surface area contributed by atoms with Crippen molar-refractivity contribution in [3.8, 4) is 0 Å². The van der Waals surface area contributed by atoms with Crippen LogP contribution in [0, 0.1) is 5.92 Å².